The van der Waals surface area contributed by atoms with Crippen LogP contribution in [-0.4, -0.2) is 30.6 Å². The van der Waals surface area contributed by atoms with Gasteiger partial charge in [-0.05, 0) is 44.0 Å². The first kappa shape index (κ1) is 16.4. The van der Waals surface area contributed by atoms with Crippen LogP contribution < -0.4 is 5.32 Å². The van der Waals surface area contributed by atoms with Crippen molar-refractivity contribution in [3.05, 3.63) is 35.4 Å². The van der Waals surface area contributed by atoms with Crippen LogP contribution in [0.4, 0.5) is 8.78 Å². The zero-order valence-electron chi connectivity index (χ0n) is 13.0. The van der Waals surface area contributed by atoms with Crippen LogP contribution in [0.5, 0.6) is 0 Å². The highest BCUT2D eigenvalue weighted by molar-refractivity contribution is 5.19. The SMILES string of the molecule is CCCNC1CCN(Cc2c(F)cccc2F)CC1CC. The Balaban J connectivity index is 1.97. The van der Waals surface area contributed by atoms with Crippen molar-refractivity contribution in [3.8, 4) is 0 Å². The van der Waals surface area contributed by atoms with Crippen LogP contribution in [0.3, 0.4) is 0 Å². The first-order chi connectivity index (χ1) is 10.2. The highest BCUT2D eigenvalue weighted by atomic mass is 19.1. The van der Waals surface area contributed by atoms with Gasteiger partial charge in [0, 0.05) is 24.7 Å². The molecule has 2 rings (SSSR count). The zero-order valence-corrected chi connectivity index (χ0v) is 13.0. The van der Waals surface area contributed by atoms with Gasteiger partial charge in [-0.15, -0.1) is 0 Å². The molecule has 1 aromatic carbocycles. The van der Waals surface area contributed by atoms with Gasteiger partial charge in [0.25, 0.3) is 0 Å². The molecule has 1 saturated heterocycles. The van der Waals surface area contributed by atoms with E-state index in [0.29, 0.717) is 18.5 Å². The van der Waals surface area contributed by atoms with Gasteiger partial charge in [-0.1, -0.05) is 26.3 Å². The Bertz CT molecular complexity index is 430. The maximum absolute atomic E-state index is 13.7. The highest BCUT2D eigenvalue weighted by Crippen LogP contribution is 2.23. The van der Waals surface area contributed by atoms with Gasteiger partial charge in [0.2, 0.25) is 0 Å². The summed E-state index contributed by atoms with van der Waals surface area (Å²) < 4.78 is 27.5. The smallest absolute Gasteiger partial charge is 0.130 e. The molecule has 0 radical (unpaired) electrons. The zero-order chi connectivity index (χ0) is 15.2. The van der Waals surface area contributed by atoms with Crippen molar-refractivity contribution in [1.29, 1.82) is 0 Å². The molecular weight excluding hydrogens is 270 g/mol. The minimum atomic E-state index is -0.436. The third-order valence-electron chi connectivity index (χ3n) is 4.44. The van der Waals surface area contributed by atoms with Gasteiger partial charge < -0.3 is 5.32 Å². The highest BCUT2D eigenvalue weighted by Gasteiger charge is 2.28. The van der Waals surface area contributed by atoms with Crippen LogP contribution in [0.2, 0.25) is 0 Å². The van der Waals surface area contributed by atoms with Crippen LogP contribution in [0.15, 0.2) is 18.2 Å². The molecule has 2 unspecified atom stereocenters. The predicted molar refractivity (Wildman–Crippen MR) is 82.1 cm³/mol. The van der Waals surface area contributed by atoms with E-state index in [1.165, 1.54) is 18.2 Å². The van der Waals surface area contributed by atoms with Crippen molar-refractivity contribution >= 4 is 0 Å². The number of likely N-dealkylation sites (tertiary alicyclic amines) is 1. The monoisotopic (exact) mass is 296 g/mol. The van der Waals surface area contributed by atoms with Gasteiger partial charge in [0.05, 0.1) is 0 Å². The van der Waals surface area contributed by atoms with Crippen molar-refractivity contribution in [2.24, 2.45) is 5.92 Å². The first-order valence-corrected chi connectivity index (χ1v) is 8.04. The van der Waals surface area contributed by atoms with Crippen molar-refractivity contribution < 1.29 is 8.78 Å². The van der Waals surface area contributed by atoms with Crippen LogP contribution >= 0.6 is 0 Å². The van der Waals surface area contributed by atoms with Gasteiger partial charge in [-0.3, -0.25) is 4.90 Å². The largest absolute Gasteiger partial charge is 0.314 e. The first-order valence-electron chi connectivity index (χ1n) is 8.04. The van der Waals surface area contributed by atoms with Crippen LogP contribution in [0.1, 0.15) is 38.7 Å². The summed E-state index contributed by atoms with van der Waals surface area (Å²) in [6.07, 6.45) is 3.28. The average molecular weight is 296 g/mol. The van der Waals surface area contributed by atoms with E-state index in [4.69, 9.17) is 0 Å². The molecule has 0 bridgehead atoms. The molecule has 1 N–H and O–H groups in total. The summed E-state index contributed by atoms with van der Waals surface area (Å²) in [5.41, 5.74) is 0.201. The molecule has 2 atom stereocenters. The molecule has 0 saturated carbocycles. The quantitative estimate of drug-likeness (QED) is 0.863. The lowest BCUT2D eigenvalue weighted by Crippen LogP contribution is -2.49. The fraction of sp³-hybridized carbons (Fsp3) is 0.647. The number of benzene rings is 1. The fourth-order valence-corrected chi connectivity index (χ4v) is 3.17. The second kappa shape index (κ2) is 7.85. The lowest BCUT2D eigenvalue weighted by atomic mass is 9.89. The van der Waals surface area contributed by atoms with E-state index < -0.39 is 11.6 Å². The summed E-state index contributed by atoms with van der Waals surface area (Å²) in [5, 5.41) is 3.60. The number of nitrogens with zero attached hydrogens (tertiary/aromatic N) is 1. The second-order valence-electron chi connectivity index (χ2n) is 5.95. The minimum Gasteiger partial charge on any atom is -0.314 e. The van der Waals surface area contributed by atoms with Crippen LogP contribution in [0, 0.1) is 17.6 Å². The molecule has 0 aliphatic carbocycles. The Morgan fingerprint density at radius 1 is 1.24 bits per heavy atom. The Kier molecular flexibility index (Phi) is 6.12. The van der Waals surface area contributed by atoms with E-state index in [1.807, 2.05) is 0 Å². The van der Waals surface area contributed by atoms with Gasteiger partial charge in [0.15, 0.2) is 0 Å². The van der Waals surface area contributed by atoms with Crippen molar-refractivity contribution in [1.82, 2.24) is 10.2 Å². The number of rotatable bonds is 6. The van der Waals surface area contributed by atoms with Crippen LogP contribution in [-0.2, 0) is 6.54 Å². The Morgan fingerprint density at radius 2 is 1.95 bits per heavy atom. The van der Waals surface area contributed by atoms with Crippen molar-refractivity contribution in [3.63, 3.8) is 0 Å². The normalized spacial score (nSPS) is 23.4. The van der Waals surface area contributed by atoms with E-state index in [2.05, 4.69) is 24.1 Å². The summed E-state index contributed by atoms with van der Waals surface area (Å²) in [6, 6.07) is 4.64. The minimum absolute atomic E-state index is 0.201. The lowest BCUT2D eigenvalue weighted by molar-refractivity contribution is 0.126. The number of hydrogen-bond donors (Lipinski definition) is 1. The van der Waals surface area contributed by atoms with E-state index in [1.54, 1.807) is 0 Å². The third-order valence-corrected chi connectivity index (χ3v) is 4.44. The summed E-state index contributed by atoms with van der Waals surface area (Å²) in [7, 11) is 0. The Labute approximate surface area is 126 Å². The molecule has 1 heterocycles. The summed E-state index contributed by atoms with van der Waals surface area (Å²) in [4.78, 5) is 2.18. The molecule has 4 heteroatoms. The molecule has 21 heavy (non-hydrogen) atoms. The molecule has 0 aromatic heterocycles. The maximum Gasteiger partial charge on any atom is 0.130 e. The summed E-state index contributed by atoms with van der Waals surface area (Å²) in [5.74, 6) is -0.316. The third kappa shape index (κ3) is 4.24. The average Bonchev–Trinajstić information content (AvgIpc) is 2.49. The molecule has 1 aliphatic heterocycles. The molecular formula is C17H26F2N2. The number of nitrogens with one attached hydrogen (secondary N) is 1. The molecule has 118 valence electrons. The molecule has 0 spiro atoms. The second-order valence-corrected chi connectivity index (χ2v) is 5.95. The van der Waals surface area contributed by atoms with E-state index in [9.17, 15) is 8.78 Å². The summed E-state index contributed by atoms with van der Waals surface area (Å²) >= 11 is 0. The standard InChI is InChI=1S/C17H26F2N2/c1-3-9-20-17-8-10-21(11-13(17)4-2)12-14-15(18)6-5-7-16(14)19/h5-7,13,17,20H,3-4,8-12H2,1-2H3. The molecule has 1 aliphatic rings. The molecule has 0 amide bonds. The van der Waals surface area contributed by atoms with E-state index >= 15 is 0 Å². The van der Waals surface area contributed by atoms with Gasteiger partial charge in [0.1, 0.15) is 11.6 Å². The molecule has 2 nitrogen and oxygen atoms in total. The number of piperidine rings is 1. The Hall–Kier alpha value is -1.00. The van der Waals surface area contributed by atoms with Crippen LogP contribution in [0.25, 0.3) is 0 Å². The van der Waals surface area contributed by atoms with E-state index in [0.717, 1.165) is 38.9 Å². The van der Waals surface area contributed by atoms with Gasteiger partial charge >= 0.3 is 0 Å². The maximum atomic E-state index is 13.7. The van der Waals surface area contributed by atoms with Crippen molar-refractivity contribution in [2.75, 3.05) is 19.6 Å². The number of hydrogen-bond acceptors (Lipinski definition) is 2. The predicted octanol–water partition coefficient (Wildman–Crippen LogP) is 3.56. The lowest BCUT2D eigenvalue weighted by Gasteiger charge is -2.39. The fourth-order valence-electron chi connectivity index (χ4n) is 3.17. The molecule has 1 aromatic rings. The van der Waals surface area contributed by atoms with E-state index in [-0.39, 0.29) is 5.56 Å². The van der Waals surface area contributed by atoms with Gasteiger partial charge in [-0.25, -0.2) is 8.78 Å². The molecule has 1 fully saturated rings. The summed E-state index contributed by atoms with van der Waals surface area (Å²) in [6.45, 7) is 7.58. The van der Waals surface area contributed by atoms with Gasteiger partial charge in [-0.2, -0.15) is 0 Å². The van der Waals surface area contributed by atoms with Crippen molar-refractivity contribution in [2.45, 2.75) is 45.7 Å². The number of halogens is 2. The Morgan fingerprint density at radius 3 is 2.57 bits per heavy atom. The topological polar surface area (TPSA) is 15.3 Å².